The highest BCUT2D eigenvalue weighted by Crippen LogP contribution is 2.43. The van der Waals surface area contributed by atoms with Crippen molar-refractivity contribution >= 4 is 28.9 Å². The van der Waals surface area contributed by atoms with Gasteiger partial charge in [-0.25, -0.2) is 0 Å². The Bertz CT molecular complexity index is 1360. The van der Waals surface area contributed by atoms with Gasteiger partial charge in [0.2, 0.25) is 0 Å². The lowest BCUT2D eigenvalue weighted by molar-refractivity contribution is 0.310. The van der Waals surface area contributed by atoms with Gasteiger partial charge in [0.25, 0.3) is 0 Å². The molecule has 4 heterocycles. The SMILES string of the molecule is COc1ccc(Cl)cc1-n1c(C)cc([C@H]2[C@@H](c3ccccn3)NC(=S)N2Cc2ccncc2)c1C. The van der Waals surface area contributed by atoms with E-state index in [1.807, 2.05) is 67.1 Å². The Labute approximate surface area is 215 Å². The van der Waals surface area contributed by atoms with Gasteiger partial charge in [-0.15, -0.1) is 0 Å². The number of pyridine rings is 2. The van der Waals surface area contributed by atoms with Crippen molar-refractivity contribution in [1.82, 2.24) is 24.8 Å². The van der Waals surface area contributed by atoms with Crippen LogP contribution in [0, 0.1) is 13.8 Å². The minimum atomic E-state index is -0.0965. The van der Waals surface area contributed by atoms with Crippen LogP contribution in [-0.4, -0.2) is 31.7 Å². The quantitative estimate of drug-likeness (QED) is 0.340. The van der Waals surface area contributed by atoms with Crippen molar-refractivity contribution in [3.63, 3.8) is 0 Å². The highest BCUT2D eigenvalue weighted by Gasteiger charge is 2.41. The summed E-state index contributed by atoms with van der Waals surface area (Å²) >= 11 is 12.2. The number of ether oxygens (including phenoxy) is 1. The van der Waals surface area contributed by atoms with Gasteiger partial charge in [-0.3, -0.25) is 9.97 Å². The number of thiocarbonyl (C=S) groups is 1. The largest absolute Gasteiger partial charge is 0.495 e. The molecule has 4 aromatic rings. The van der Waals surface area contributed by atoms with Crippen LogP contribution in [-0.2, 0) is 6.54 Å². The molecule has 0 spiro atoms. The third-order valence-electron chi connectivity index (χ3n) is 6.47. The summed E-state index contributed by atoms with van der Waals surface area (Å²) in [6, 6.07) is 17.8. The number of halogens is 1. The number of aromatic nitrogens is 3. The molecule has 178 valence electrons. The molecule has 3 aromatic heterocycles. The number of hydrogen-bond donors (Lipinski definition) is 1. The summed E-state index contributed by atoms with van der Waals surface area (Å²) in [4.78, 5) is 11.1. The third kappa shape index (κ3) is 4.37. The summed E-state index contributed by atoms with van der Waals surface area (Å²) < 4.78 is 7.86. The Morgan fingerprint density at radius 2 is 1.86 bits per heavy atom. The Kier molecular flexibility index (Phi) is 6.45. The Balaban J connectivity index is 1.65. The molecule has 8 heteroatoms. The van der Waals surface area contributed by atoms with Gasteiger partial charge in [0.15, 0.2) is 5.11 Å². The van der Waals surface area contributed by atoms with E-state index in [9.17, 15) is 0 Å². The maximum Gasteiger partial charge on any atom is 0.170 e. The van der Waals surface area contributed by atoms with Gasteiger partial charge in [0.1, 0.15) is 5.75 Å². The summed E-state index contributed by atoms with van der Waals surface area (Å²) in [5, 5.41) is 4.90. The molecule has 1 aliphatic heterocycles. The first-order valence-electron chi connectivity index (χ1n) is 11.4. The second-order valence-electron chi connectivity index (χ2n) is 8.59. The normalized spacial score (nSPS) is 17.5. The summed E-state index contributed by atoms with van der Waals surface area (Å²) in [6.07, 6.45) is 5.44. The van der Waals surface area contributed by atoms with E-state index in [0.29, 0.717) is 16.7 Å². The number of aryl methyl sites for hydroxylation is 1. The minimum absolute atomic E-state index is 0.0595. The van der Waals surface area contributed by atoms with Crippen molar-refractivity contribution < 1.29 is 4.74 Å². The van der Waals surface area contributed by atoms with E-state index >= 15 is 0 Å². The van der Waals surface area contributed by atoms with Crippen LogP contribution in [0.5, 0.6) is 5.75 Å². The molecule has 35 heavy (non-hydrogen) atoms. The van der Waals surface area contributed by atoms with E-state index in [1.165, 1.54) is 5.56 Å². The second-order valence-corrected chi connectivity index (χ2v) is 9.41. The van der Waals surface area contributed by atoms with Crippen LogP contribution in [0.3, 0.4) is 0 Å². The van der Waals surface area contributed by atoms with Gasteiger partial charge in [0, 0.05) is 41.5 Å². The van der Waals surface area contributed by atoms with Crippen molar-refractivity contribution in [3.05, 3.63) is 106 Å². The summed E-state index contributed by atoms with van der Waals surface area (Å²) in [7, 11) is 1.68. The highest BCUT2D eigenvalue weighted by molar-refractivity contribution is 7.80. The van der Waals surface area contributed by atoms with Crippen LogP contribution >= 0.6 is 23.8 Å². The first kappa shape index (κ1) is 23.3. The third-order valence-corrected chi connectivity index (χ3v) is 7.06. The van der Waals surface area contributed by atoms with Gasteiger partial charge in [-0.05, 0) is 85.7 Å². The Morgan fingerprint density at radius 1 is 1.06 bits per heavy atom. The number of rotatable bonds is 6. The first-order valence-corrected chi connectivity index (χ1v) is 12.2. The molecular weight excluding hydrogens is 478 g/mol. The number of benzene rings is 1. The Hall–Kier alpha value is -3.42. The maximum atomic E-state index is 6.38. The van der Waals surface area contributed by atoms with Crippen molar-refractivity contribution in [2.75, 3.05) is 7.11 Å². The molecule has 0 radical (unpaired) electrons. The molecule has 0 amide bonds. The molecule has 1 aliphatic rings. The Morgan fingerprint density at radius 3 is 2.57 bits per heavy atom. The minimum Gasteiger partial charge on any atom is -0.495 e. The lowest BCUT2D eigenvalue weighted by Crippen LogP contribution is -2.29. The van der Waals surface area contributed by atoms with E-state index < -0.39 is 0 Å². The van der Waals surface area contributed by atoms with Gasteiger partial charge >= 0.3 is 0 Å². The summed E-state index contributed by atoms with van der Waals surface area (Å²) in [5.41, 5.74) is 6.34. The molecule has 0 unspecified atom stereocenters. The van der Waals surface area contributed by atoms with Crippen molar-refractivity contribution in [2.45, 2.75) is 32.5 Å². The number of hydrogen-bond acceptors (Lipinski definition) is 4. The van der Waals surface area contributed by atoms with Crippen molar-refractivity contribution in [1.29, 1.82) is 0 Å². The van der Waals surface area contributed by atoms with Crippen molar-refractivity contribution in [2.24, 2.45) is 0 Å². The van der Waals surface area contributed by atoms with Gasteiger partial charge in [-0.1, -0.05) is 17.7 Å². The molecule has 1 N–H and O–H groups in total. The lowest BCUT2D eigenvalue weighted by atomic mass is 9.96. The fourth-order valence-electron chi connectivity index (χ4n) is 4.89. The first-order chi connectivity index (χ1) is 17.0. The van der Waals surface area contributed by atoms with E-state index in [2.05, 4.69) is 44.7 Å². The van der Waals surface area contributed by atoms with E-state index in [1.54, 1.807) is 7.11 Å². The average molecular weight is 504 g/mol. The van der Waals surface area contributed by atoms with E-state index in [4.69, 9.17) is 28.6 Å². The lowest BCUT2D eigenvalue weighted by Gasteiger charge is -2.28. The standard InChI is InChI=1S/C27H26ClN5OS/c1-17-14-21(18(2)33(17)23-15-20(28)7-8-24(23)34-3)26-25(22-6-4-5-11-30-22)31-27(35)32(26)16-19-9-12-29-13-10-19/h4-15,25-26H,16H2,1-3H3,(H,31,35)/t25-,26+/m1/s1. The smallest absolute Gasteiger partial charge is 0.170 e. The van der Waals surface area contributed by atoms with Gasteiger partial charge in [0.05, 0.1) is 30.6 Å². The molecule has 2 atom stereocenters. The van der Waals surface area contributed by atoms with Crippen molar-refractivity contribution in [3.8, 4) is 11.4 Å². The molecule has 0 bridgehead atoms. The molecule has 1 saturated heterocycles. The van der Waals surface area contributed by atoms with Crippen LogP contribution in [0.25, 0.3) is 5.69 Å². The number of methoxy groups -OCH3 is 1. The predicted molar refractivity (Wildman–Crippen MR) is 142 cm³/mol. The highest BCUT2D eigenvalue weighted by atomic mass is 35.5. The molecular formula is C27H26ClN5OS. The molecule has 1 fully saturated rings. The topological polar surface area (TPSA) is 55.2 Å². The van der Waals surface area contributed by atoms with Gasteiger partial charge < -0.3 is 19.5 Å². The monoisotopic (exact) mass is 503 g/mol. The summed E-state index contributed by atoms with van der Waals surface area (Å²) in [6.45, 7) is 4.89. The maximum absolute atomic E-state index is 6.38. The fourth-order valence-corrected chi connectivity index (χ4v) is 5.37. The average Bonchev–Trinajstić information content (AvgIpc) is 3.35. The zero-order valence-corrected chi connectivity index (χ0v) is 21.3. The number of nitrogens with one attached hydrogen (secondary N) is 1. The van der Waals surface area contributed by atoms with Crippen LogP contribution in [0.15, 0.2) is 73.2 Å². The van der Waals surface area contributed by atoms with Gasteiger partial charge in [-0.2, -0.15) is 0 Å². The molecule has 0 aliphatic carbocycles. The van der Waals surface area contributed by atoms with Crippen LogP contribution in [0.2, 0.25) is 5.02 Å². The molecule has 5 rings (SSSR count). The zero-order chi connectivity index (χ0) is 24.5. The predicted octanol–water partition coefficient (Wildman–Crippen LogP) is 5.72. The fraction of sp³-hybridized carbons (Fsp3) is 0.222. The zero-order valence-electron chi connectivity index (χ0n) is 19.8. The van der Waals surface area contributed by atoms with Crippen LogP contribution < -0.4 is 10.1 Å². The molecule has 0 saturated carbocycles. The van der Waals surface area contributed by atoms with E-state index in [0.717, 1.165) is 34.1 Å². The van der Waals surface area contributed by atoms with Crippen LogP contribution in [0.1, 0.15) is 40.3 Å². The second kappa shape index (κ2) is 9.68. The van der Waals surface area contributed by atoms with E-state index in [-0.39, 0.29) is 12.1 Å². The van der Waals surface area contributed by atoms with Crippen LogP contribution in [0.4, 0.5) is 0 Å². The number of nitrogens with zero attached hydrogens (tertiary/aromatic N) is 4. The molecule has 1 aromatic carbocycles. The summed E-state index contributed by atoms with van der Waals surface area (Å²) in [5.74, 6) is 0.762. The molecule has 6 nitrogen and oxygen atoms in total.